The summed E-state index contributed by atoms with van der Waals surface area (Å²) in [5.74, 6) is -0.980. The molecule has 0 aliphatic rings. The van der Waals surface area contributed by atoms with Crippen LogP contribution in [0.2, 0.25) is 0 Å². The van der Waals surface area contributed by atoms with Crippen LogP contribution in [0.15, 0.2) is 36.4 Å². The highest BCUT2D eigenvalue weighted by atomic mass is 19.1. The first-order valence-electron chi connectivity index (χ1n) is 9.12. The fourth-order valence-corrected chi connectivity index (χ4v) is 4.05. The van der Waals surface area contributed by atoms with Crippen LogP contribution in [0, 0.1) is 11.6 Å². The fraction of sp³-hybridized carbons (Fsp3) is 0.136. The molecule has 5 rings (SSSR count). The Hall–Kier alpha value is -3.61. The standard InChI is InChI=1S/C22H16F2N2O3/c1-3-29-22(27)18-16-12-8-10(23)4-6-14(12)25-19(16)21(28-2)20-17(18)13-9-11(24)5-7-15(13)26-20/h4-9,25-26H,3H2,1-2H3. The number of hydrogen-bond acceptors (Lipinski definition) is 3. The summed E-state index contributed by atoms with van der Waals surface area (Å²) in [6.07, 6.45) is 0. The molecular formula is C22H16F2N2O3. The highest BCUT2D eigenvalue weighted by Crippen LogP contribution is 2.44. The van der Waals surface area contributed by atoms with E-state index >= 15 is 0 Å². The summed E-state index contributed by atoms with van der Waals surface area (Å²) >= 11 is 0. The summed E-state index contributed by atoms with van der Waals surface area (Å²) in [7, 11) is 1.51. The van der Waals surface area contributed by atoms with E-state index in [2.05, 4.69) is 9.97 Å². The van der Waals surface area contributed by atoms with Gasteiger partial charge in [-0.2, -0.15) is 0 Å². The van der Waals surface area contributed by atoms with Gasteiger partial charge in [-0.1, -0.05) is 0 Å². The number of aromatic amines is 2. The summed E-state index contributed by atoms with van der Waals surface area (Å²) in [6.45, 7) is 1.88. The largest absolute Gasteiger partial charge is 0.492 e. The van der Waals surface area contributed by atoms with E-state index in [0.717, 1.165) is 0 Å². The lowest BCUT2D eigenvalue weighted by molar-refractivity contribution is 0.0531. The number of carbonyl (C=O) groups excluding carboxylic acids is 1. The van der Waals surface area contributed by atoms with Gasteiger partial charge in [0.05, 0.1) is 30.3 Å². The topological polar surface area (TPSA) is 67.1 Å². The molecule has 2 aromatic heterocycles. The number of halogens is 2. The highest BCUT2D eigenvalue weighted by molar-refractivity contribution is 6.30. The van der Waals surface area contributed by atoms with Gasteiger partial charge in [0, 0.05) is 32.6 Å². The maximum atomic E-state index is 14.0. The van der Waals surface area contributed by atoms with Crippen LogP contribution in [-0.4, -0.2) is 29.7 Å². The molecule has 29 heavy (non-hydrogen) atoms. The molecule has 0 saturated carbocycles. The summed E-state index contributed by atoms with van der Waals surface area (Å²) < 4.78 is 39.1. The molecule has 0 radical (unpaired) electrons. The first-order valence-corrected chi connectivity index (χ1v) is 9.12. The molecule has 0 amide bonds. The van der Waals surface area contributed by atoms with Gasteiger partial charge in [0.15, 0.2) is 5.75 Å². The van der Waals surface area contributed by atoms with Crippen molar-refractivity contribution in [2.45, 2.75) is 6.92 Å². The van der Waals surface area contributed by atoms with Gasteiger partial charge >= 0.3 is 5.97 Å². The Bertz CT molecular complexity index is 1350. The molecule has 0 bridgehead atoms. The molecule has 146 valence electrons. The molecule has 0 fully saturated rings. The van der Waals surface area contributed by atoms with Crippen molar-refractivity contribution >= 4 is 49.6 Å². The maximum Gasteiger partial charge on any atom is 0.339 e. The van der Waals surface area contributed by atoms with Crippen LogP contribution in [0.4, 0.5) is 8.78 Å². The van der Waals surface area contributed by atoms with Crippen molar-refractivity contribution in [3.8, 4) is 5.75 Å². The summed E-state index contributed by atoms with van der Waals surface area (Å²) in [5.41, 5.74) is 2.61. The minimum atomic E-state index is -0.569. The van der Waals surface area contributed by atoms with Gasteiger partial charge in [-0.05, 0) is 43.3 Å². The Balaban J connectivity index is 2.11. The van der Waals surface area contributed by atoms with Crippen LogP contribution in [0.1, 0.15) is 17.3 Å². The van der Waals surface area contributed by atoms with Crippen molar-refractivity contribution in [2.24, 2.45) is 0 Å². The monoisotopic (exact) mass is 394 g/mol. The molecule has 0 aliphatic heterocycles. The van der Waals surface area contributed by atoms with Gasteiger partial charge in [-0.15, -0.1) is 0 Å². The van der Waals surface area contributed by atoms with Crippen molar-refractivity contribution in [1.82, 2.24) is 9.97 Å². The predicted molar refractivity (Wildman–Crippen MR) is 108 cm³/mol. The summed E-state index contributed by atoms with van der Waals surface area (Å²) in [5, 5.41) is 2.00. The number of fused-ring (bicyclic) bond motifs is 6. The Labute approximate surface area is 163 Å². The van der Waals surface area contributed by atoms with Gasteiger partial charge in [0.25, 0.3) is 0 Å². The predicted octanol–water partition coefficient (Wildman–Crippen LogP) is 5.42. The minimum Gasteiger partial charge on any atom is -0.492 e. The number of rotatable bonds is 3. The Morgan fingerprint density at radius 2 is 1.45 bits per heavy atom. The van der Waals surface area contributed by atoms with Crippen LogP contribution >= 0.6 is 0 Å². The third-order valence-electron chi connectivity index (χ3n) is 5.16. The second-order valence-corrected chi connectivity index (χ2v) is 6.76. The molecule has 0 atom stereocenters. The molecular weight excluding hydrogens is 378 g/mol. The lowest BCUT2D eigenvalue weighted by atomic mass is 9.99. The van der Waals surface area contributed by atoms with E-state index in [1.54, 1.807) is 19.1 Å². The molecule has 0 saturated heterocycles. The second-order valence-electron chi connectivity index (χ2n) is 6.76. The zero-order valence-electron chi connectivity index (χ0n) is 15.7. The van der Waals surface area contributed by atoms with Crippen molar-refractivity contribution in [3.05, 3.63) is 53.6 Å². The van der Waals surface area contributed by atoms with Crippen molar-refractivity contribution in [3.63, 3.8) is 0 Å². The third kappa shape index (κ3) is 2.40. The lowest BCUT2D eigenvalue weighted by Gasteiger charge is -2.10. The summed E-state index contributed by atoms with van der Waals surface area (Å²) in [4.78, 5) is 19.5. The third-order valence-corrected chi connectivity index (χ3v) is 5.16. The second kappa shape index (κ2) is 6.20. The minimum absolute atomic E-state index is 0.168. The molecule has 2 heterocycles. The zero-order valence-corrected chi connectivity index (χ0v) is 15.7. The lowest BCUT2D eigenvalue weighted by Crippen LogP contribution is -2.06. The number of aromatic nitrogens is 2. The number of H-pyrrole nitrogens is 2. The first kappa shape index (κ1) is 17.5. The van der Waals surface area contributed by atoms with E-state index in [4.69, 9.17) is 9.47 Å². The van der Waals surface area contributed by atoms with E-state index in [-0.39, 0.29) is 12.2 Å². The fourth-order valence-electron chi connectivity index (χ4n) is 4.05. The zero-order chi connectivity index (χ0) is 20.3. The van der Waals surface area contributed by atoms with Gasteiger partial charge in [-0.3, -0.25) is 0 Å². The summed E-state index contributed by atoms with van der Waals surface area (Å²) in [6, 6.07) is 8.60. The number of esters is 1. The number of hydrogen-bond donors (Lipinski definition) is 2. The first-order chi connectivity index (χ1) is 14.0. The van der Waals surface area contributed by atoms with Crippen molar-refractivity contribution < 1.29 is 23.0 Å². The Morgan fingerprint density at radius 1 is 0.931 bits per heavy atom. The van der Waals surface area contributed by atoms with E-state index in [0.29, 0.717) is 49.4 Å². The molecule has 7 heteroatoms. The average Bonchev–Trinajstić information content (AvgIpc) is 3.24. The Kier molecular flexibility index (Phi) is 3.74. The van der Waals surface area contributed by atoms with Gasteiger partial charge in [0.1, 0.15) is 11.6 Å². The number of nitrogens with one attached hydrogen (secondary N) is 2. The Morgan fingerprint density at radius 3 is 1.90 bits per heavy atom. The van der Waals surface area contributed by atoms with Gasteiger partial charge < -0.3 is 19.4 Å². The van der Waals surface area contributed by atoms with Crippen molar-refractivity contribution in [1.29, 1.82) is 0 Å². The number of ether oxygens (including phenoxy) is 2. The average molecular weight is 394 g/mol. The quantitative estimate of drug-likeness (QED) is 0.402. The molecule has 2 N–H and O–H groups in total. The number of methoxy groups -OCH3 is 1. The molecule has 0 aliphatic carbocycles. The van der Waals surface area contributed by atoms with E-state index in [1.165, 1.54) is 31.4 Å². The molecule has 0 unspecified atom stereocenters. The van der Waals surface area contributed by atoms with E-state index < -0.39 is 17.6 Å². The normalized spacial score (nSPS) is 11.7. The van der Waals surface area contributed by atoms with Gasteiger partial charge in [0.2, 0.25) is 0 Å². The van der Waals surface area contributed by atoms with Crippen LogP contribution in [0.5, 0.6) is 5.75 Å². The van der Waals surface area contributed by atoms with Crippen molar-refractivity contribution in [2.75, 3.05) is 13.7 Å². The van der Waals surface area contributed by atoms with Gasteiger partial charge in [-0.25, -0.2) is 13.6 Å². The molecule has 3 aromatic carbocycles. The smallest absolute Gasteiger partial charge is 0.339 e. The van der Waals surface area contributed by atoms with Crippen LogP contribution < -0.4 is 4.74 Å². The highest BCUT2D eigenvalue weighted by Gasteiger charge is 2.27. The molecule has 0 spiro atoms. The van der Waals surface area contributed by atoms with Crippen LogP contribution in [-0.2, 0) is 4.74 Å². The molecule has 5 aromatic rings. The van der Waals surface area contributed by atoms with Crippen LogP contribution in [0.25, 0.3) is 43.6 Å². The SMILES string of the molecule is CCOC(=O)c1c2c([nH]c3ccc(F)cc32)c(OC)c2[nH]c3ccc(F)cc3c12. The van der Waals surface area contributed by atoms with Crippen LogP contribution in [0.3, 0.4) is 0 Å². The number of benzene rings is 3. The van der Waals surface area contributed by atoms with E-state index in [1.807, 2.05) is 0 Å². The number of carbonyl (C=O) groups is 1. The van der Waals surface area contributed by atoms with E-state index in [9.17, 15) is 13.6 Å². The maximum absolute atomic E-state index is 14.0. The molecule has 5 nitrogen and oxygen atoms in total.